The largest absolute Gasteiger partial charge is 0.454 e. The molecule has 0 spiro atoms. The van der Waals surface area contributed by atoms with E-state index in [9.17, 15) is 13.2 Å². The fraction of sp³-hybridized carbons (Fsp3) is 0.125. The maximum atomic E-state index is 13.1. The van der Waals surface area contributed by atoms with Gasteiger partial charge in [0.05, 0.1) is 5.69 Å². The van der Waals surface area contributed by atoms with Gasteiger partial charge in [-0.15, -0.1) is 12.6 Å². The van der Waals surface area contributed by atoms with Crippen molar-refractivity contribution in [2.45, 2.75) is 11.1 Å². The van der Waals surface area contributed by atoms with Gasteiger partial charge >= 0.3 is 6.18 Å². The van der Waals surface area contributed by atoms with Crippen molar-refractivity contribution in [3.05, 3.63) is 48.3 Å². The smallest absolute Gasteiger partial charge is 0.435 e. The third kappa shape index (κ3) is 2.91. The fourth-order valence-corrected chi connectivity index (χ4v) is 2.59. The van der Waals surface area contributed by atoms with Crippen LogP contribution < -0.4 is 9.47 Å². The quantitative estimate of drug-likeness (QED) is 0.698. The summed E-state index contributed by atoms with van der Waals surface area (Å²) >= 11 is 4.13. The number of rotatable bonds is 2. The van der Waals surface area contributed by atoms with E-state index in [1.54, 1.807) is 30.3 Å². The number of aromatic nitrogens is 3. The number of nitrogens with zero attached hydrogens (tertiary/aromatic N) is 3. The van der Waals surface area contributed by atoms with E-state index < -0.39 is 11.9 Å². The third-order valence-electron chi connectivity index (χ3n) is 3.62. The topological polar surface area (TPSA) is 49.2 Å². The number of benzene rings is 1. The van der Waals surface area contributed by atoms with Crippen LogP contribution in [0, 0.1) is 0 Å². The van der Waals surface area contributed by atoms with Gasteiger partial charge in [-0.2, -0.15) is 18.3 Å². The average molecular weight is 365 g/mol. The van der Waals surface area contributed by atoms with E-state index in [0.717, 1.165) is 10.7 Å². The second-order valence-electron chi connectivity index (χ2n) is 5.27. The van der Waals surface area contributed by atoms with E-state index in [4.69, 9.17) is 9.47 Å². The number of pyridine rings is 1. The van der Waals surface area contributed by atoms with Gasteiger partial charge in [-0.3, -0.25) is 0 Å². The van der Waals surface area contributed by atoms with Crippen LogP contribution in [0.5, 0.6) is 11.5 Å². The van der Waals surface area contributed by atoms with Crippen LogP contribution in [-0.2, 0) is 6.18 Å². The zero-order valence-electron chi connectivity index (χ0n) is 12.5. The monoisotopic (exact) mass is 365 g/mol. The Labute approximate surface area is 145 Å². The molecule has 5 nitrogen and oxygen atoms in total. The van der Waals surface area contributed by atoms with Gasteiger partial charge in [0.2, 0.25) is 6.79 Å². The molecule has 128 valence electrons. The molecule has 1 aromatic carbocycles. The highest BCUT2D eigenvalue weighted by molar-refractivity contribution is 7.80. The van der Waals surface area contributed by atoms with Crippen LogP contribution in [0.1, 0.15) is 5.69 Å². The molecule has 0 aliphatic carbocycles. The molecular formula is C16H10F3N3O2S. The summed E-state index contributed by atoms with van der Waals surface area (Å²) in [4.78, 5) is 4.70. The van der Waals surface area contributed by atoms with E-state index >= 15 is 0 Å². The molecule has 0 atom stereocenters. The molecule has 1 aliphatic heterocycles. The summed E-state index contributed by atoms with van der Waals surface area (Å²) in [5.74, 6) is 1.27. The Hall–Kier alpha value is -2.68. The predicted molar refractivity (Wildman–Crippen MR) is 85.2 cm³/mol. The Kier molecular flexibility index (Phi) is 3.60. The first-order chi connectivity index (χ1) is 11.9. The van der Waals surface area contributed by atoms with E-state index in [1.165, 1.54) is 6.20 Å². The zero-order valence-corrected chi connectivity index (χ0v) is 13.4. The number of hydrogen-bond donors (Lipinski definition) is 1. The van der Waals surface area contributed by atoms with Crippen molar-refractivity contribution in [1.82, 2.24) is 14.8 Å². The maximum Gasteiger partial charge on any atom is 0.435 e. The molecule has 0 N–H and O–H groups in total. The number of alkyl halides is 3. The van der Waals surface area contributed by atoms with Crippen molar-refractivity contribution in [2.75, 3.05) is 6.79 Å². The first kappa shape index (κ1) is 15.8. The molecule has 1 aliphatic rings. The van der Waals surface area contributed by atoms with Crippen molar-refractivity contribution in [3.63, 3.8) is 0 Å². The Morgan fingerprint density at radius 3 is 2.56 bits per heavy atom. The minimum Gasteiger partial charge on any atom is -0.454 e. The van der Waals surface area contributed by atoms with Crippen molar-refractivity contribution in [2.24, 2.45) is 0 Å². The summed E-state index contributed by atoms with van der Waals surface area (Å²) in [7, 11) is 0. The highest BCUT2D eigenvalue weighted by Crippen LogP contribution is 2.38. The highest BCUT2D eigenvalue weighted by atomic mass is 32.1. The molecular weight excluding hydrogens is 355 g/mol. The lowest BCUT2D eigenvalue weighted by Gasteiger charge is -2.07. The minimum absolute atomic E-state index is 0.0802. The minimum atomic E-state index is -4.57. The summed E-state index contributed by atoms with van der Waals surface area (Å²) in [5, 5.41) is 3.68. The van der Waals surface area contributed by atoms with Crippen LogP contribution in [0.4, 0.5) is 13.2 Å². The van der Waals surface area contributed by atoms with Crippen LogP contribution in [0.2, 0.25) is 0 Å². The summed E-state index contributed by atoms with van der Waals surface area (Å²) in [6.07, 6.45) is -3.13. The van der Waals surface area contributed by atoms with Gasteiger partial charge in [0.1, 0.15) is 0 Å². The van der Waals surface area contributed by atoms with Gasteiger partial charge in [-0.25, -0.2) is 9.67 Å². The molecule has 0 bridgehead atoms. The summed E-state index contributed by atoms with van der Waals surface area (Å²) in [6, 6.07) is 9.06. The lowest BCUT2D eigenvalue weighted by molar-refractivity contribution is -0.141. The summed E-state index contributed by atoms with van der Waals surface area (Å²) in [6.45, 7) is 0.0802. The zero-order chi connectivity index (χ0) is 17.6. The van der Waals surface area contributed by atoms with Crippen LogP contribution in [0.15, 0.2) is 47.5 Å². The van der Waals surface area contributed by atoms with Crippen molar-refractivity contribution in [1.29, 1.82) is 0 Å². The Morgan fingerprint density at radius 1 is 1.04 bits per heavy atom. The van der Waals surface area contributed by atoms with E-state index in [0.29, 0.717) is 22.0 Å². The first-order valence-electron chi connectivity index (χ1n) is 7.14. The van der Waals surface area contributed by atoms with Crippen molar-refractivity contribution in [3.8, 4) is 28.6 Å². The molecule has 3 heterocycles. The average Bonchev–Trinajstić information content (AvgIpc) is 3.21. The van der Waals surface area contributed by atoms with Crippen LogP contribution in [0.3, 0.4) is 0 Å². The van der Waals surface area contributed by atoms with Crippen LogP contribution in [0.25, 0.3) is 17.1 Å². The van der Waals surface area contributed by atoms with Gasteiger partial charge in [0.25, 0.3) is 0 Å². The molecule has 0 amide bonds. The van der Waals surface area contributed by atoms with Crippen LogP contribution >= 0.6 is 12.6 Å². The maximum absolute atomic E-state index is 13.1. The van der Waals surface area contributed by atoms with Crippen molar-refractivity contribution < 1.29 is 22.6 Å². The van der Waals surface area contributed by atoms with Gasteiger partial charge in [0, 0.05) is 16.7 Å². The highest BCUT2D eigenvalue weighted by Gasteiger charge is 2.35. The molecule has 9 heteroatoms. The van der Waals surface area contributed by atoms with Gasteiger partial charge in [0.15, 0.2) is 23.0 Å². The predicted octanol–water partition coefficient (Wildman–Crippen LogP) is 3.97. The number of ether oxygens (including phenoxy) is 2. The second-order valence-corrected chi connectivity index (χ2v) is 5.78. The fourth-order valence-electron chi connectivity index (χ4n) is 2.46. The molecule has 0 unspecified atom stereocenters. The van der Waals surface area contributed by atoms with E-state index in [2.05, 4.69) is 22.7 Å². The normalized spacial score (nSPS) is 13.3. The molecule has 0 saturated heterocycles. The standard InChI is InChI=1S/C16H10F3N3O2S/c17-16(18,19)14-6-11(9-1-3-12-13(5-9)24-8-23-12)22(21-14)15-4-2-10(25)7-20-15/h1-7,25H,8H2. The van der Waals surface area contributed by atoms with Gasteiger partial charge in [-0.05, 0) is 36.4 Å². The Balaban J connectivity index is 1.88. The molecule has 25 heavy (non-hydrogen) atoms. The van der Waals surface area contributed by atoms with Crippen LogP contribution in [-0.4, -0.2) is 21.6 Å². The molecule has 0 saturated carbocycles. The van der Waals surface area contributed by atoms with E-state index in [-0.39, 0.29) is 18.3 Å². The molecule has 0 radical (unpaired) electrons. The molecule has 4 rings (SSSR count). The number of hydrogen-bond acceptors (Lipinski definition) is 5. The van der Waals surface area contributed by atoms with Crippen molar-refractivity contribution >= 4 is 12.6 Å². The summed E-state index contributed by atoms with van der Waals surface area (Å²) in [5.41, 5.74) is -0.258. The lowest BCUT2D eigenvalue weighted by atomic mass is 10.1. The third-order valence-corrected chi connectivity index (χ3v) is 3.88. The molecule has 3 aromatic rings. The SMILES string of the molecule is FC(F)(F)c1cc(-c2ccc3c(c2)OCO3)n(-c2ccc(S)cn2)n1. The Bertz CT molecular complexity index is 939. The second kappa shape index (κ2) is 5.69. The molecule has 0 fully saturated rings. The van der Waals surface area contributed by atoms with E-state index in [1.807, 2.05) is 0 Å². The summed E-state index contributed by atoms with van der Waals surface area (Å²) < 4.78 is 51.1. The molecule has 2 aromatic heterocycles. The number of thiol groups is 1. The van der Waals surface area contributed by atoms with Gasteiger partial charge < -0.3 is 9.47 Å². The van der Waals surface area contributed by atoms with Gasteiger partial charge in [-0.1, -0.05) is 0 Å². The Morgan fingerprint density at radius 2 is 1.84 bits per heavy atom. The number of halogens is 3. The lowest BCUT2D eigenvalue weighted by Crippen LogP contribution is -2.08. The first-order valence-corrected chi connectivity index (χ1v) is 7.59. The number of fused-ring (bicyclic) bond motifs is 1.